The molecule has 2 aromatic heterocycles. The highest BCUT2D eigenvalue weighted by molar-refractivity contribution is 7.99. The van der Waals surface area contributed by atoms with E-state index in [4.69, 9.17) is 0 Å². The van der Waals surface area contributed by atoms with Crippen LogP contribution < -0.4 is 5.32 Å². The van der Waals surface area contributed by atoms with Gasteiger partial charge in [0.25, 0.3) is 11.5 Å². The van der Waals surface area contributed by atoms with E-state index >= 15 is 0 Å². The highest BCUT2D eigenvalue weighted by Crippen LogP contribution is 2.22. The fraction of sp³-hybridized carbons (Fsp3) is 0.250. The summed E-state index contributed by atoms with van der Waals surface area (Å²) >= 11 is 1.20. The summed E-state index contributed by atoms with van der Waals surface area (Å²) in [6, 6.07) is 6.20. The first-order chi connectivity index (χ1) is 12.3. The molecule has 0 aliphatic carbocycles. The Balaban J connectivity index is 1.66. The lowest BCUT2D eigenvalue weighted by Gasteiger charge is -2.07. The number of amides is 1. The Morgan fingerprint density at radius 2 is 2.04 bits per heavy atom. The van der Waals surface area contributed by atoms with Gasteiger partial charge in [-0.15, -0.1) is 5.10 Å². The SMILES string of the molecule is Cc1cc(C)n2nc(SCC(=O)Nc3ccc([N+](=O)[O-])cc3C)nc2n1. The molecule has 0 spiro atoms. The number of anilines is 1. The zero-order valence-corrected chi connectivity index (χ0v) is 15.2. The molecule has 0 fully saturated rings. The summed E-state index contributed by atoms with van der Waals surface area (Å²) in [6.45, 7) is 5.50. The van der Waals surface area contributed by atoms with E-state index in [1.165, 1.54) is 30.0 Å². The van der Waals surface area contributed by atoms with Crippen molar-refractivity contribution in [2.24, 2.45) is 0 Å². The van der Waals surface area contributed by atoms with Crippen molar-refractivity contribution >= 4 is 34.8 Å². The summed E-state index contributed by atoms with van der Waals surface area (Å²) in [5.41, 5.74) is 2.92. The minimum atomic E-state index is -0.471. The van der Waals surface area contributed by atoms with E-state index in [1.54, 1.807) is 11.4 Å². The number of hydrogen-bond donors (Lipinski definition) is 1. The van der Waals surface area contributed by atoms with Crippen molar-refractivity contribution in [3.63, 3.8) is 0 Å². The number of hydrogen-bond acceptors (Lipinski definition) is 7. The van der Waals surface area contributed by atoms with E-state index in [0.717, 1.165) is 11.4 Å². The number of rotatable bonds is 5. The average Bonchev–Trinajstić information content (AvgIpc) is 2.98. The Labute approximate surface area is 153 Å². The van der Waals surface area contributed by atoms with Gasteiger partial charge in [-0.25, -0.2) is 9.50 Å². The summed E-state index contributed by atoms with van der Waals surface area (Å²) in [6.07, 6.45) is 0. The van der Waals surface area contributed by atoms with E-state index in [1.807, 2.05) is 19.9 Å². The molecule has 0 atom stereocenters. The standard InChI is InChI=1S/C16H16N6O3S/c1-9-6-12(22(24)25)4-5-13(9)18-14(23)8-26-16-19-15-17-10(2)7-11(3)21(15)20-16/h4-7H,8H2,1-3H3,(H,18,23). The monoisotopic (exact) mass is 372 g/mol. The van der Waals surface area contributed by atoms with Crippen LogP contribution >= 0.6 is 11.8 Å². The Kier molecular flexibility index (Phi) is 4.85. The number of aryl methyl sites for hydroxylation is 3. The Bertz CT molecular complexity index is 1020. The second kappa shape index (κ2) is 7.08. The molecule has 0 radical (unpaired) electrons. The van der Waals surface area contributed by atoms with Crippen LogP contribution in [-0.2, 0) is 4.79 Å². The predicted octanol–water partition coefficient (Wildman–Crippen LogP) is 2.69. The molecule has 9 nitrogen and oxygen atoms in total. The van der Waals surface area contributed by atoms with E-state index in [2.05, 4.69) is 20.4 Å². The molecule has 0 saturated carbocycles. The van der Waals surface area contributed by atoms with Gasteiger partial charge in [-0.05, 0) is 38.5 Å². The number of nitro groups is 1. The van der Waals surface area contributed by atoms with E-state index in [0.29, 0.717) is 22.2 Å². The second-order valence-corrected chi connectivity index (χ2v) is 6.68. The van der Waals surface area contributed by atoms with Crippen molar-refractivity contribution in [3.05, 3.63) is 51.3 Å². The maximum absolute atomic E-state index is 12.1. The lowest BCUT2D eigenvalue weighted by molar-refractivity contribution is -0.384. The molecule has 0 saturated heterocycles. The van der Waals surface area contributed by atoms with Crippen molar-refractivity contribution in [2.75, 3.05) is 11.1 Å². The van der Waals surface area contributed by atoms with Gasteiger partial charge < -0.3 is 5.32 Å². The zero-order valence-electron chi connectivity index (χ0n) is 14.4. The van der Waals surface area contributed by atoms with Crippen molar-refractivity contribution in [3.8, 4) is 0 Å². The molecule has 3 aromatic rings. The number of nitrogens with one attached hydrogen (secondary N) is 1. The molecule has 0 aliphatic rings. The third-order valence-electron chi connectivity index (χ3n) is 3.63. The van der Waals surface area contributed by atoms with Crippen LogP contribution in [0.4, 0.5) is 11.4 Å². The highest BCUT2D eigenvalue weighted by atomic mass is 32.2. The summed E-state index contributed by atoms with van der Waals surface area (Å²) in [5.74, 6) is 0.369. The number of nitro benzene ring substituents is 1. The van der Waals surface area contributed by atoms with Gasteiger partial charge in [0.15, 0.2) is 0 Å². The van der Waals surface area contributed by atoms with Crippen LogP contribution in [-0.4, -0.2) is 36.2 Å². The van der Waals surface area contributed by atoms with Crippen molar-refractivity contribution < 1.29 is 9.72 Å². The fourth-order valence-corrected chi connectivity index (χ4v) is 3.05. The first-order valence-electron chi connectivity index (χ1n) is 7.72. The highest BCUT2D eigenvalue weighted by Gasteiger charge is 2.13. The molecule has 26 heavy (non-hydrogen) atoms. The van der Waals surface area contributed by atoms with Crippen molar-refractivity contribution in [2.45, 2.75) is 25.9 Å². The van der Waals surface area contributed by atoms with Crippen LogP contribution in [0.5, 0.6) is 0 Å². The largest absolute Gasteiger partial charge is 0.325 e. The Morgan fingerprint density at radius 1 is 1.27 bits per heavy atom. The number of carbonyl (C=O) groups is 1. The summed E-state index contributed by atoms with van der Waals surface area (Å²) in [7, 11) is 0. The quantitative estimate of drug-likeness (QED) is 0.416. The van der Waals surface area contributed by atoms with Gasteiger partial charge in [-0.3, -0.25) is 14.9 Å². The molecule has 134 valence electrons. The van der Waals surface area contributed by atoms with Crippen LogP contribution in [0.1, 0.15) is 17.0 Å². The number of fused-ring (bicyclic) bond motifs is 1. The first-order valence-corrected chi connectivity index (χ1v) is 8.71. The van der Waals surface area contributed by atoms with Gasteiger partial charge in [0.2, 0.25) is 11.1 Å². The Morgan fingerprint density at radius 3 is 2.73 bits per heavy atom. The van der Waals surface area contributed by atoms with E-state index in [9.17, 15) is 14.9 Å². The number of non-ortho nitro benzene ring substituents is 1. The lowest BCUT2D eigenvalue weighted by atomic mass is 10.2. The fourth-order valence-electron chi connectivity index (χ4n) is 2.43. The topological polar surface area (TPSA) is 115 Å². The number of thioether (sulfide) groups is 1. The third kappa shape index (κ3) is 3.80. The molecule has 1 N–H and O–H groups in total. The van der Waals surface area contributed by atoms with Crippen LogP contribution in [0.3, 0.4) is 0 Å². The average molecular weight is 372 g/mol. The molecule has 0 unspecified atom stereocenters. The zero-order chi connectivity index (χ0) is 18.8. The molecular formula is C16H16N6O3S. The van der Waals surface area contributed by atoms with Gasteiger partial charge in [0.1, 0.15) is 0 Å². The number of nitrogens with zero attached hydrogens (tertiary/aromatic N) is 5. The number of carbonyl (C=O) groups excluding carboxylic acids is 1. The van der Waals surface area contributed by atoms with Gasteiger partial charge >= 0.3 is 0 Å². The third-order valence-corrected chi connectivity index (χ3v) is 4.46. The molecule has 0 bridgehead atoms. The number of aromatic nitrogens is 4. The summed E-state index contributed by atoms with van der Waals surface area (Å²) in [4.78, 5) is 31.1. The molecule has 1 amide bonds. The number of benzene rings is 1. The van der Waals surface area contributed by atoms with Crippen LogP contribution in [0.15, 0.2) is 29.4 Å². The minimum absolute atomic E-state index is 0.0121. The maximum atomic E-state index is 12.1. The Hall–Kier alpha value is -3.01. The molecule has 1 aromatic carbocycles. The van der Waals surface area contributed by atoms with Crippen LogP contribution in [0.25, 0.3) is 5.78 Å². The lowest BCUT2D eigenvalue weighted by Crippen LogP contribution is -2.15. The van der Waals surface area contributed by atoms with E-state index < -0.39 is 4.92 Å². The van der Waals surface area contributed by atoms with E-state index in [-0.39, 0.29) is 17.3 Å². The smallest absolute Gasteiger partial charge is 0.269 e. The van der Waals surface area contributed by atoms with Crippen LogP contribution in [0, 0.1) is 30.9 Å². The normalized spacial score (nSPS) is 10.9. The van der Waals surface area contributed by atoms with Gasteiger partial charge in [0, 0.05) is 29.2 Å². The molecular weight excluding hydrogens is 356 g/mol. The van der Waals surface area contributed by atoms with Crippen molar-refractivity contribution in [1.29, 1.82) is 0 Å². The summed E-state index contributed by atoms with van der Waals surface area (Å²) in [5, 5.41) is 18.3. The molecule has 0 aliphatic heterocycles. The first kappa shape index (κ1) is 17.8. The molecule has 10 heteroatoms. The molecule has 2 heterocycles. The molecule has 3 rings (SSSR count). The minimum Gasteiger partial charge on any atom is -0.325 e. The summed E-state index contributed by atoms with van der Waals surface area (Å²) < 4.78 is 1.63. The predicted molar refractivity (Wildman–Crippen MR) is 97.4 cm³/mol. The van der Waals surface area contributed by atoms with Gasteiger partial charge in [-0.2, -0.15) is 4.98 Å². The van der Waals surface area contributed by atoms with Crippen LogP contribution in [0.2, 0.25) is 0 Å². The second-order valence-electron chi connectivity index (χ2n) is 5.74. The maximum Gasteiger partial charge on any atom is 0.269 e. The van der Waals surface area contributed by atoms with Gasteiger partial charge in [0.05, 0.1) is 10.7 Å². The van der Waals surface area contributed by atoms with Crippen molar-refractivity contribution in [1.82, 2.24) is 19.6 Å². The van der Waals surface area contributed by atoms with Gasteiger partial charge in [-0.1, -0.05) is 11.8 Å².